The van der Waals surface area contributed by atoms with Crippen LogP contribution in [0.25, 0.3) is 6.08 Å². The SMILES string of the molecule is CC(=O)/C(=C\c1cccc(Cl)c1C#N)C(=O)OC1CCCC1. The van der Waals surface area contributed by atoms with Crippen molar-refractivity contribution >= 4 is 29.4 Å². The highest BCUT2D eigenvalue weighted by Crippen LogP contribution is 2.24. The van der Waals surface area contributed by atoms with Gasteiger partial charge in [0.25, 0.3) is 0 Å². The van der Waals surface area contributed by atoms with Gasteiger partial charge in [0, 0.05) is 0 Å². The molecule has 0 spiro atoms. The number of nitriles is 1. The molecule has 1 aromatic carbocycles. The molecule has 2 rings (SSSR count). The Balaban J connectivity index is 2.31. The lowest BCUT2D eigenvalue weighted by molar-refractivity contribution is -0.144. The van der Waals surface area contributed by atoms with E-state index in [9.17, 15) is 9.59 Å². The summed E-state index contributed by atoms with van der Waals surface area (Å²) in [7, 11) is 0. The van der Waals surface area contributed by atoms with Crippen molar-refractivity contribution in [2.24, 2.45) is 0 Å². The Hall–Kier alpha value is -2.12. The first kappa shape index (κ1) is 16.3. The van der Waals surface area contributed by atoms with Crippen LogP contribution in [0.15, 0.2) is 23.8 Å². The van der Waals surface area contributed by atoms with Gasteiger partial charge < -0.3 is 4.74 Å². The average molecular weight is 318 g/mol. The molecule has 114 valence electrons. The number of halogens is 1. The summed E-state index contributed by atoms with van der Waals surface area (Å²) in [5, 5.41) is 9.44. The maximum Gasteiger partial charge on any atom is 0.342 e. The number of esters is 1. The molecule has 0 radical (unpaired) electrons. The highest BCUT2D eigenvalue weighted by Gasteiger charge is 2.23. The quantitative estimate of drug-likeness (QED) is 0.368. The van der Waals surface area contributed by atoms with Gasteiger partial charge in [0.15, 0.2) is 5.78 Å². The van der Waals surface area contributed by atoms with E-state index >= 15 is 0 Å². The van der Waals surface area contributed by atoms with Crippen LogP contribution in [0.3, 0.4) is 0 Å². The molecule has 0 saturated heterocycles. The zero-order valence-electron chi connectivity index (χ0n) is 12.3. The molecule has 0 atom stereocenters. The Morgan fingerprint density at radius 1 is 1.36 bits per heavy atom. The average Bonchev–Trinajstić information content (AvgIpc) is 2.97. The number of hydrogen-bond acceptors (Lipinski definition) is 4. The number of carbonyl (C=O) groups is 2. The molecule has 5 heteroatoms. The van der Waals surface area contributed by atoms with E-state index in [2.05, 4.69) is 0 Å². The lowest BCUT2D eigenvalue weighted by atomic mass is 10.0. The summed E-state index contributed by atoms with van der Waals surface area (Å²) in [5.74, 6) is -1.03. The summed E-state index contributed by atoms with van der Waals surface area (Å²) in [4.78, 5) is 24.0. The zero-order valence-corrected chi connectivity index (χ0v) is 13.0. The molecule has 4 nitrogen and oxygen atoms in total. The van der Waals surface area contributed by atoms with Crippen LogP contribution in [0.4, 0.5) is 0 Å². The van der Waals surface area contributed by atoms with Gasteiger partial charge in [-0.15, -0.1) is 0 Å². The summed E-state index contributed by atoms with van der Waals surface area (Å²) in [6.45, 7) is 1.30. The third kappa shape index (κ3) is 3.75. The van der Waals surface area contributed by atoms with Gasteiger partial charge in [0.1, 0.15) is 17.7 Å². The minimum Gasteiger partial charge on any atom is -0.459 e. The number of ketones is 1. The standard InChI is InChI=1S/C17H16ClNO3/c1-11(20)14(17(21)22-13-6-2-3-7-13)9-12-5-4-8-16(18)15(12)10-19/h4-5,8-9,13H,2-3,6-7H2,1H3/b14-9+. The minimum atomic E-state index is -0.636. The largest absolute Gasteiger partial charge is 0.459 e. The summed E-state index contributed by atoms with van der Waals surface area (Å²) < 4.78 is 5.37. The van der Waals surface area contributed by atoms with Crippen molar-refractivity contribution in [1.82, 2.24) is 0 Å². The van der Waals surface area contributed by atoms with Crippen LogP contribution in [-0.4, -0.2) is 17.9 Å². The molecule has 1 fully saturated rings. The molecular formula is C17H16ClNO3. The fraction of sp³-hybridized carbons (Fsp3) is 0.353. The van der Waals surface area contributed by atoms with Gasteiger partial charge in [-0.2, -0.15) is 5.26 Å². The van der Waals surface area contributed by atoms with E-state index in [4.69, 9.17) is 21.6 Å². The lowest BCUT2D eigenvalue weighted by Gasteiger charge is -2.12. The molecule has 1 aliphatic rings. The van der Waals surface area contributed by atoms with Crippen molar-refractivity contribution in [2.75, 3.05) is 0 Å². The number of nitrogens with zero attached hydrogens (tertiary/aromatic N) is 1. The van der Waals surface area contributed by atoms with E-state index in [0.717, 1.165) is 25.7 Å². The highest BCUT2D eigenvalue weighted by molar-refractivity contribution is 6.32. The molecule has 1 aliphatic carbocycles. The molecule has 0 aromatic heterocycles. The molecule has 1 aromatic rings. The minimum absolute atomic E-state index is 0.0642. The molecule has 0 amide bonds. The van der Waals surface area contributed by atoms with E-state index < -0.39 is 11.8 Å². The fourth-order valence-electron chi connectivity index (χ4n) is 2.46. The van der Waals surface area contributed by atoms with Gasteiger partial charge in [-0.1, -0.05) is 23.7 Å². The van der Waals surface area contributed by atoms with Crippen molar-refractivity contribution in [3.05, 3.63) is 39.9 Å². The summed E-state index contributed by atoms with van der Waals surface area (Å²) in [6, 6.07) is 6.86. The number of benzene rings is 1. The van der Waals surface area contributed by atoms with Crippen LogP contribution in [0.2, 0.25) is 5.02 Å². The van der Waals surface area contributed by atoms with Crippen molar-refractivity contribution in [3.8, 4) is 6.07 Å². The molecule has 0 aliphatic heterocycles. The predicted octanol–water partition coefficient (Wildman–Crippen LogP) is 3.67. The molecule has 0 N–H and O–H groups in total. The lowest BCUT2D eigenvalue weighted by Crippen LogP contribution is -2.19. The van der Waals surface area contributed by atoms with Crippen molar-refractivity contribution in [2.45, 2.75) is 38.7 Å². The summed E-state index contributed by atoms with van der Waals surface area (Å²) >= 11 is 5.96. The normalized spacial score (nSPS) is 15.4. The maximum absolute atomic E-state index is 12.2. The third-order valence-electron chi connectivity index (χ3n) is 3.63. The molecule has 0 bridgehead atoms. The fourth-order valence-corrected chi connectivity index (χ4v) is 2.68. The molecule has 22 heavy (non-hydrogen) atoms. The molecule has 1 saturated carbocycles. The van der Waals surface area contributed by atoms with Gasteiger partial charge in [0.05, 0.1) is 10.6 Å². The van der Waals surface area contributed by atoms with E-state index in [1.54, 1.807) is 18.2 Å². The second kappa shape index (κ2) is 7.24. The first-order chi connectivity index (χ1) is 10.5. The van der Waals surface area contributed by atoms with Crippen LogP contribution in [-0.2, 0) is 14.3 Å². The van der Waals surface area contributed by atoms with Crippen LogP contribution in [0.1, 0.15) is 43.7 Å². The maximum atomic E-state index is 12.2. The zero-order chi connectivity index (χ0) is 16.1. The first-order valence-electron chi connectivity index (χ1n) is 7.15. The topological polar surface area (TPSA) is 67.2 Å². The van der Waals surface area contributed by atoms with Crippen molar-refractivity contribution < 1.29 is 14.3 Å². The second-order valence-electron chi connectivity index (χ2n) is 5.24. The van der Waals surface area contributed by atoms with Gasteiger partial charge >= 0.3 is 5.97 Å². The van der Waals surface area contributed by atoms with Crippen molar-refractivity contribution in [1.29, 1.82) is 5.26 Å². The van der Waals surface area contributed by atoms with E-state index in [1.807, 2.05) is 6.07 Å². The number of hydrogen-bond donors (Lipinski definition) is 0. The summed E-state index contributed by atoms with van der Waals surface area (Å²) in [6.07, 6.45) is 4.98. The second-order valence-corrected chi connectivity index (χ2v) is 5.65. The van der Waals surface area contributed by atoms with Crippen LogP contribution < -0.4 is 0 Å². The van der Waals surface area contributed by atoms with Gasteiger partial charge in [-0.25, -0.2) is 4.79 Å². The highest BCUT2D eigenvalue weighted by atomic mass is 35.5. The van der Waals surface area contributed by atoms with Gasteiger partial charge in [0.2, 0.25) is 0 Å². The van der Waals surface area contributed by atoms with Crippen LogP contribution in [0, 0.1) is 11.3 Å². The monoisotopic (exact) mass is 317 g/mol. The van der Waals surface area contributed by atoms with Crippen LogP contribution in [0.5, 0.6) is 0 Å². The predicted molar refractivity (Wildman–Crippen MR) is 83.2 cm³/mol. The Morgan fingerprint density at radius 2 is 2.05 bits per heavy atom. The third-order valence-corrected chi connectivity index (χ3v) is 3.95. The molecule has 0 heterocycles. The van der Waals surface area contributed by atoms with E-state index in [1.165, 1.54) is 13.0 Å². The molecule has 0 unspecified atom stereocenters. The number of rotatable bonds is 4. The van der Waals surface area contributed by atoms with Gasteiger partial charge in [-0.05, 0) is 50.3 Å². The van der Waals surface area contributed by atoms with Gasteiger partial charge in [-0.3, -0.25) is 4.79 Å². The number of Topliss-reactive ketones (excluding diaryl/α,β-unsaturated/α-hetero) is 1. The smallest absolute Gasteiger partial charge is 0.342 e. The van der Waals surface area contributed by atoms with E-state index in [0.29, 0.717) is 5.56 Å². The van der Waals surface area contributed by atoms with E-state index in [-0.39, 0.29) is 22.3 Å². The van der Waals surface area contributed by atoms with Crippen molar-refractivity contribution in [3.63, 3.8) is 0 Å². The van der Waals surface area contributed by atoms with Crippen LogP contribution >= 0.6 is 11.6 Å². The first-order valence-corrected chi connectivity index (χ1v) is 7.53. The molecular weight excluding hydrogens is 302 g/mol. The number of ether oxygens (including phenoxy) is 1. The summed E-state index contributed by atoms with van der Waals surface area (Å²) in [5.41, 5.74) is 0.603. The Kier molecular flexibility index (Phi) is 5.35. The Bertz CT molecular complexity index is 667. The Morgan fingerprint density at radius 3 is 2.64 bits per heavy atom. The number of carbonyl (C=O) groups excluding carboxylic acids is 2. The Labute approximate surface area is 134 Å².